The highest BCUT2D eigenvalue weighted by Gasteiger charge is 2.54. The van der Waals surface area contributed by atoms with Gasteiger partial charge in [-0.05, 0) is 59.0 Å². The Hall–Kier alpha value is -4.04. The second-order valence-electron chi connectivity index (χ2n) is 16.7. The Morgan fingerprint density at radius 1 is 0.864 bits per heavy atom. The highest BCUT2D eigenvalue weighted by molar-refractivity contribution is 6.30. The number of ketones is 3. The Balaban J connectivity index is 1.07. The van der Waals surface area contributed by atoms with Crippen molar-refractivity contribution in [3.63, 3.8) is 0 Å². The lowest BCUT2D eigenvalue weighted by Gasteiger charge is -2.51. The van der Waals surface area contributed by atoms with Crippen LogP contribution in [0.25, 0.3) is 0 Å². The highest BCUT2D eigenvalue weighted by atomic mass is 16.8. The fraction of sp³-hybridized carbons (Fsp3) is 0.619. The molecule has 59 heavy (non-hydrogen) atoms. The number of phenolic OH excluding ortho intramolecular Hbond substituents is 3. The van der Waals surface area contributed by atoms with E-state index in [2.05, 4.69) is 0 Å². The number of hydrogen-bond donors (Lipinski definition) is 4. The molecule has 6 aliphatic rings. The Morgan fingerprint density at radius 2 is 1.56 bits per heavy atom. The average Bonchev–Trinajstić information content (AvgIpc) is 3.17. The minimum absolute atomic E-state index is 0.00761. The molecule has 4 N–H and O–H groups in total. The summed E-state index contributed by atoms with van der Waals surface area (Å²) in [6.07, 6.45) is -6.43. The van der Waals surface area contributed by atoms with Crippen LogP contribution in [0.3, 0.4) is 0 Å². The van der Waals surface area contributed by atoms with Crippen molar-refractivity contribution in [1.82, 2.24) is 4.90 Å². The Labute approximate surface area is 340 Å². The van der Waals surface area contributed by atoms with Gasteiger partial charge < -0.3 is 63.2 Å². The normalized spacial score (nSPS) is 37.8. The zero-order chi connectivity index (χ0) is 42.4. The molecular weight excluding hydrogens is 774 g/mol. The fourth-order valence-electron chi connectivity index (χ4n) is 9.77. The van der Waals surface area contributed by atoms with Crippen molar-refractivity contribution in [2.24, 2.45) is 0 Å². The second kappa shape index (κ2) is 15.5. The van der Waals surface area contributed by atoms with Gasteiger partial charge in [0, 0.05) is 54.5 Å². The number of aromatic hydroxyl groups is 3. The van der Waals surface area contributed by atoms with Crippen LogP contribution in [0.5, 0.6) is 17.2 Å². The molecule has 17 nitrogen and oxygen atoms in total. The first-order chi connectivity index (χ1) is 27.9. The second-order valence-corrected chi connectivity index (χ2v) is 16.7. The van der Waals surface area contributed by atoms with Crippen LogP contribution in [0.2, 0.25) is 0 Å². The predicted molar refractivity (Wildman–Crippen MR) is 201 cm³/mol. The maximum absolute atomic E-state index is 14.0. The minimum atomic E-state index is -1.79. The zero-order valence-corrected chi connectivity index (χ0v) is 33.9. The van der Waals surface area contributed by atoms with Crippen LogP contribution in [0.4, 0.5) is 0 Å². The predicted octanol–water partition coefficient (Wildman–Crippen LogP) is 2.88. The first kappa shape index (κ1) is 41.7. The lowest BCUT2D eigenvalue weighted by molar-refractivity contribution is -0.371. The molecule has 2 aromatic carbocycles. The molecule has 0 amide bonds. The molecule has 4 fully saturated rings. The summed E-state index contributed by atoms with van der Waals surface area (Å²) in [4.78, 5) is 55.6. The molecule has 2 aliphatic carbocycles. The van der Waals surface area contributed by atoms with E-state index in [4.69, 9.17) is 37.9 Å². The van der Waals surface area contributed by atoms with Gasteiger partial charge in [0.1, 0.15) is 47.6 Å². The quantitative estimate of drug-likeness (QED) is 0.251. The summed E-state index contributed by atoms with van der Waals surface area (Å²) >= 11 is 0. The number of fused-ring (bicyclic) bond motifs is 5. The van der Waals surface area contributed by atoms with Gasteiger partial charge in [0.2, 0.25) is 5.78 Å². The van der Waals surface area contributed by atoms with Crippen LogP contribution in [0, 0.1) is 0 Å². The van der Waals surface area contributed by atoms with Gasteiger partial charge in [-0.2, -0.15) is 0 Å². The van der Waals surface area contributed by atoms with Crippen molar-refractivity contribution in [3.05, 3.63) is 51.6 Å². The number of likely N-dealkylation sites (N-methyl/N-ethyl adjacent to an activating group) is 1. The number of phenols is 3. The van der Waals surface area contributed by atoms with E-state index >= 15 is 0 Å². The molecule has 320 valence electrons. The number of rotatable bonds is 7. The molecule has 4 aliphatic heterocycles. The molecule has 0 bridgehead atoms. The molecule has 4 saturated heterocycles. The van der Waals surface area contributed by atoms with Gasteiger partial charge in [-0.25, -0.2) is 0 Å². The third-order valence-corrected chi connectivity index (χ3v) is 12.9. The maximum atomic E-state index is 14.0. The van der Waals surface area contributed by atoms with Crippen molar-refractivity contribution >= 4 is 23.3 Å². The molecular formula is C42H51NO16. The van der Waals surface area contributed by atoms with E-state index in [1.54, 1.807) is 13.8 Å². The summed E-state index contributed by atoms with van der Waals surface area (Å²) < 4.78 is 49.5. The molecule has 0 radical (unpaired) electrons. The van der Waals surface area contributed by atoms with E-state index in [1.165, 1.54) is 6.07 Å². The monoisotopic (exact) mass is 825 g/mol. The van der Waals surface area contributed by atoms with E-state index in [1.807, 2.05) is 32.8 Å². The average molecular weight is 826 g/mol. The summed E-state index contributed by atoms with van der Waals surface area (Å²) in [5.74, 6) is -5.70. The molecule has 2 aromatic rings. The SMILES string of the molecule is CC[C@]1(O)C[C@@H](O[C@H]2C[C@@H](N(C)C)[C@H](O[C@H]3C[C@H]4O[C@H]5CC(=O)[C@@H](C)O[C@@H]5O[C@H]4[C@@H](C)O3)[C@@H](C)O2)c2c(cc3c(c2O)C(=O)c2c(O)cc(O)cc2C3=O)[C@@H]1C(=O)OC. The van der Waals surface area contributed by atoms with Gasteiger partial charge in [0.15, 0.2) is 30.4 Å². The molecule has 14 atom stereocenters. The number of esters is 1. The Morgan fingerprint density at radius 3 is 2.25 bits per heavy atom. The highest BCUT2D eigenvalue weighted by Crippen LogP contribution is 2.54. The van der Waals surface area contributed by atoms with Gasteiger partial charge in [-0.3, -0.25) is 19.2 Å². The number of aliphatic hydroxyl groups is 1. The third kappa shape index (κ3) is 7.03. The molecule has 0 saturated carbocycles. The van der Waals surface area contributed by atoms with E-state index < -0.39 is 125 Å². The molecule has 17 heteroatoms. The third-order valence-electron chi connectivity index (χ3n) is 12.9. The number of ether oxygens (including phenoxy) is 8. The summed E-state index contributed by atoms with van der Waals surface area (Å²) in [5, 5.41) is 44.9. The number of nitrogens with zero attached hydrogens (tertiary/aromatic N) is 1. The van der Waals surface area contributed by atoms with E-state index in [0.717, 1.165) is 19.2 Å². The van der Waals surface area contributed by atoms with Gasteiger partial charge in [0.25, 0.3) is 0 Å². The lowest BCUT2D eigenvalue weighted by Crippen LogP contribution is -2.62. The molecule has 0 spiro atoms. The Kier molecular flexibility index (Phi) is 10.9. The topological polar surface area (TPSA) is 226 Å². The van der Waals surface area contributed by atoms with Crippen LogP contribution in [0.15, 0.2) is 18.2 Å². The zero-order valence-electron chi connectivity index (χ0n) is 33.9. The van der Waals surface area contributed by atoms with Gasteiger partial charge >= 0.3 is 5.97 Å². The number of Topliss-reactive ketones (excluding diaryl/α,β-unsaturated/α-hetero) is 1. The van der Waals surface area contributed by atoms with Crippen molar-refractivity contribution in [2.75, 3.05) is 21.2 Å². The summed E-state index contributed by atoms with van der Waals surface area (Å²) in [6.45, 7) is 7.07. The van der Waals surface area contributed by atoms with Crippen LogP contribution >= 0.6 is 0 Å². The first-order valence-electron chi connectivity index (χ1n) is 20.1. The van der Waals surface area contributed by atoms with E-state index in [-0.39, 0.29) is 59.8 Å². The van der Waals surface area contributed by atoms with Crippen LogP contribution in [0.1, 0.15) is 115 Å². The smallest absolute Gasteiger partial charge is 0.316 e. The maximum Gasteiger partial charge on any atom is 0.316 e. The summed E-state index contributed by atoms with van der Waals surface area (Å²) in [7, 11) is 4.93. The number of hydrogen-bond acceptors (Lipinski definition) is 17. The lowest BCUT2D eigenvalue weighted by atomic mass is 9.67. The van der Waals surface area contributed by atoms with Gasteiger partial charge in [-0.1, -0.05) is 6.92 Å². The molecule has 4 heterocycles. The molecule has 0 aromatic heterocycles. The van der Waals surface area contributed by atoms with Gasteiger partial charge in [0.05, 0.1) is 48.3 Å². The standard InChI is InChI=1S/C42H51NO16/c1-8-42(51)15-28(32-20(34(42)40(50)52-7)11-22-33(37(32)49)36(48)31-21(35(22)47)9-19(44)10-25(31)46)57-29-12-23(43(5)6)38(17(3)53-29)58-30-14-26-39(18(4)54-30)59-41-27(56-26)13-24(45)16(2)55-41/h9-11,16-18,23,26-30,34,38-39,41,44,46,49,51H,8,12-15H2,1-7H3/t16-,17-,18-,23-,26-,27+,28-,29+,30+,34-,38-,39+,41-,42+/m1/s1. The number of carbonyl (C=O) groups is 4. The minimum Gasteiger partial charge on any atom is -0.508 e. The largest absolute Gasteiger partial charge is 0.508 e. The first-order valence-corrected chi connectivity index (χ1v) is 20.1. The summed E-state index contributed by atoms with van der Waals surface area (Å²) in [5.41, 5.74) is -3.15. The van der Waals surface area contributed by atoms with E-state index in [9.17, 15) is 39.6 Å². The van der Waals surface area contributed by atoms with Gasteiger partial charge in [-0.15, -0.1) is 0 Å². The van der Waals surface area contributed by atoms with Crippen molar-refractivity contribution in [1.29, 1.82) is 0 Å². The van der Waals surface area contributed by atoms with Crippen LogP contribution in [-0.4, -0.2) is 143 Å². The molecule has 0 unspecified atom stereocenters. The number of carbonyl (C=O) groups excluding carboxylic acids is 4. The fourth-order valence-corrected chi connectivity index (χ4v) is 9.77. The van der Waals surface area contributed by atoms with Crippen molar-refractivity contribution in [3.8, 4) is 17.2 Å². The number of methoxy groups -OCH3 is 1. The summed E-state index contributed by atoms with van der Waals surface area (Å²) in [6, 6.07) is 2.92. The van der Waals surface area contributed by atoms with Crippen LogP contribution < -0.4 is 0 Å². The van der Waals surface area contributed by atoms with Crippen molar-refractivity contribution < 1.29 is 77.5 Å². The van der Waals surface area contributed by atoms with E-state index in [0.29, 0.717) is 6.42 Å². The Bertz CT molecular complexity index is 2050. The van der Waals surface area contributed by atoms with Crippen LogP contribution in [-0.2, 0) is 47.5 Å². The molecule has 8 rings (SSSR count). The van der Waals surface area contributed by atoms with Crippen molar-refractivity contribution in [2.45, 2.75) is 145 Å². The number of benzene rings is 2.